The van der Waals surface area contributed by atoms with Crippen LogP contribution in [0.25, 0.3) is 0 Å². The summed E-state index contributed by atoms with van der Waals surface area (Å²) in [5, 5.41) is 0. The average molecular weight is 273 g/mol. The first-order valence-corrected chi connectivity index (χ1v) is 7.83. The molecule has 2 rings (SSSR count). The predicted molar refractivity (Wildman–Crippen MR) is 83.5 cm³/mol. The summed E-state index contributed by atoms with van der Waals surface area (Å²) in [7, 11) is 0. The number of nitrogens with zero attached hydrogens (tertiary/aromatic N) is 1. The Morgan fingerprint density at radius 2 is 1.80 bits per heavy atom. The molecule has 1 aliphatic heterocycles. The molecule has 1 aromatic rings. The summed E-state index contributed by atoms with van der Waals surface area (Å²) in [6.07, 6.45) is 4.69. The summed E-state index contributed by atoms with van der Waals surface area (Å²) in [6.45, 7) is 8.24. The molecule has 1 amide bonds. The van der Waals surface area contributed by atoms with Crippen molar-refractivity contribution in [1.82, 2.24) is 4.90 Å². The molecule has 0 aliphatic carbocycles. The van der Waals surface area contributed by atoms with Crippen LogP contribution in [0.2, 0.25) is 0 Å². The molecule has 0 radical (unpaired) electrons. The maximum Gasteiger partial charge on any atom is 0.219 e. The smallest absolute Gasteiger partial charge is 0.219 e. The second kappa shape index (κ2) is 6.43. The largest absolute Gasteiger partial charge is 0.343 e. The van der Waals surface area contributed by atoms with E-state index in [-0.39, 0.29) is 5.91 Å². The Hall–Kier alpha value is -1.31. The first-order valence-electron chi connectivity index (χ1n) is 7.83. The van der Waals surface area contributed by atoms with Gasteiger partial charge in [-0.15, -0.1) is 0 Å². The van der Waals surface area contributed by atoms with Crippen LogP contribution >= 0.6 is 0 Å². The van der Waals surface area contributed by atoms with E-state index in [9.17, 15) is 4.79 Å². The summed E-state index contributed by atoms with van der Waals surface area (Å²) in [5.41, 5.74) is 1.84. The topological polar surface area (TPSA) is 20.3 Å². The van der Waals surface area contributed by atoms with Gasteiger partial charge in [-0.2, -0.15) is 0 Å². The summed E-state index contributed by atoms with van der Waals surface area (Å²) >= 11 is 0. The van der Waals surface area contributed by atoms with E-state index in [0.29, 0.717) is 11.3 Å². The van der Waals surface area contributed by atoms with Crippen LogP contribution in [-0.4, -0.2) is 23.9 Å². The van der Waals surface area contributed by atoms with E-state index in [1.165, 1.54) is 12.0 Å². The van der Waals surface area contributed by atoms with Crippen LogP contribution in [0, 0.1) is 11.3 Å². The van der Waals surface area contributed by atoms with Crippen LogP contribution < -0.4 is 0 Å². The van der Waals surface area contributed by atoms with Gasteiger partial charge in [0.15, 0.2) is 0 Å². The fraction of sp³-hybridized carbons (Fsp3) is 0.611. The number of hydrogen-bond acceptors (Lipinski definition) is 1. The van der Waals surface area contributed by atoms with E-state index in [0.717, 1.165) is 32.4 Å². The molecule has 1 saturated heterocycles. The molecule has 20 heavy (non-hydrogen) atoms. The van der Waals surface area contributed by atoms with Gasteiger partial charge in [0.2, 0.25) is 5.91 Å². The first kappa shape index (κ1) is 15.1. The number of aryl methyl sites for hydroxylation is 1. The molecule has 1 fully saturated rings. The van der Waals surface area contributed by atoms with Crippen molar-refractivity contribution in [2.75, 3.05) is 13.1 Å². The molecule has 2 heteroatoms. The number of carbonyl (C=O) groups is 1. The third-order valence-electron chi connectivity index (χ3n) is 5.18. The summed E-state index contributed by atoms with van der Waals surface area (Å²) in [5.74, 6) is 0.908. The number of likely N-dealkylation sites (tertiary alicyclic amines) is 1. The quantitative estimate of drug-likeness (QED) is 0.814. The minimum absolute atomic E-state index is 0.227. The lowest BCUT2D eigenvalue weighted by molar-refractivity contribution is -0.131. The lowest BCUT2D eigenvalue weighted by Gasteiger charge is -2.45. The Labute approximate surface area is 123 Å². The fourth-order valence-corrected chi connectivity index (χ4v) is 3.42. The Bertz CT molecular complexity index is 430. The molecular formula is C18H27NO. The van der Waals surface area contributed by atoms with Crippen LogP contribution in [-0.2, 0) is 11.2 Å². The SMILES string of the molecule is CC(=O)N1CCC(CCc2ccccc2)(C(C)C)CC1. The number of amides is 1. The molecule has 0 spiro atoms. The minimum atomic E-state index is 0.227. The van der Waals surface area contributed by atoms with Gasteiger partial charge in [0.05, 0.1) is 0 Å². The molecule has 1 aromatic carbocycles. The summed E-state index contributed by atoms with van der Waals surface area (Å²) in [6, 6.07) is 10.8. The predicted octanol–water partition coefficient (Wildman–Crippen LogP) is 3.90. The summed E-state index contributed by atoms with van der Waals surface area (Å²) in [4.78, 5) is 13.5. The van der Waals surface area contributed by atoms with Crippen LogP contribution in [0.3, 0.4) is 0 Å². The van der Waals surface area contributed by atoms with Gasteiger partial charge in [0, 0.05) is 20.0 Å². The third-order valence-corrected chi connectivity index (χ3v) is 5.18. The lowest BCUT2D eigenvalue weighted by Crippen LogP contribution is -2.44. The average Bonchev–Trinajstić information content (AvgIpc) is 2.46. The molecule has 110 valence electrons. The van der Waals surface area contributed by atoms with Gasteiger partial charge >= 0.3 is 0 Å². The molecule has 0 N–H and O–H groups in total. The monoisotopic (exact) mass is 273 g/mol. The molecule has 0 bridgehead atoms. The van der Waals surface area contributed by atoms with Crippen molar-refractivity contribution in [3.63, 3.8) is 0 Å². The van der Waals surface area contributed by atoms with E-state index in [1.54, 1.807) is 6.92 Å². The second-order valence-electron chi connectivity index (χ2n) is 6.51. The Morgan fingerprint density at radius 3 is 2.30 bits per heavy atom. The van der Waals surface area contributed by atoms with E-state index in [4.69, 9.17) is 0 Å². The van der Waals surface area contributed by atoms with Gasteiger partial charge in [0.25, 0.3) is 0 Å². The van der Waals surface area contributed by atoms with Crippen LogP contribution in [0.15, 0.2) is 30.3 Å². The van der Waals surface area contributed by atoms with E-state index in [2.05, 4.69) is 44.2 Å². The zero-order valence-electron chi connectivity index (χ0n) is 13.1. The van der Waals surface area contributed by atoms with E-state index >= 15 is 0 Å². The Morgan fingerprint density at radius 1 is 1.20 bits per heavy atom. The van der Waals surface area contributed by atoms with Gasteiger partial charge in [-0.3, -0.25) is 4.79 Å². The van der Waals surface area contributed by atoms with Gasteiger partial charge in [-0.05, 0) is 42.6 Å². The molecule has 1 heterocycles. The highest BCUT2D eigenvalue weighted by atomic mass is 16.2. The standard InChI is InChI=1S/C18H27NO/c1-15(2)18(10-9-17-7-5-4-6-8-17)11-13-19(14-12-18)16(3)20/h4-8,15H,9-14H2,1-3H3. The van der Waals surface area contributed by atoms with Crippen LogP contribution in [0.4, 0.5) is 0 Å². The molecule has 0 unspecified atom stereocenters. The minimum Gasteiger partial charge on any atom is -0.343 e. The van der Waals surface area contributed by atoms with Crippen molar-refractivity contribution in [1.29, 1.82) is 0 Å². The van der Waals surface area contributed by atoms with E-state index < -0.39 is 0 Å². The molecule has 0 atom stereocenters. The highest BCUT2D eigenvalue weighted by molar-refractivity contribution is 5.73. The van der Waals surface area contributed by atoms with Crippen molar-refractivity contribution < 1.29 is 4.79 Å². The highest BCUT2D eigenvalue weighted by Crippen LogP contribution is 2.42. The first-order chi connectivity index (χ1) is 9.53. The van der Waals surface area contributed by atoms with Crippen LogP contribution in [0.5, 0.6) is 0 Å². The fourth-order valence-electron chi connectivity index (χ4n) is 3.42. The van der Waals surface area contributed by atoms with Crippen LogP contribution in [0.1, 0.15) is 45.6 Å². The van der Waals surface area contributed by atoms with Crippen molar-refractivity contribution in [3.8, 4) is 0 Å². The number of hydrogen-bond donors (Lipinski definition) is 0. The van der Waals surface area contributed by atoms with Crippen molar-refractivity contribution in [3.05, 3.63) is 35.9 Å². The van der Waals surface area contributed by atoms with Gasteiger partial charge in [0.1, 0.15) is 0 Å². The number of carbonyl (C=O) groups excluding carboxylic acids is 1. The Kier molecular flexibility index (Phi) is 4.85. The third kappa shape index (κ3) is 3.41. The maximum atomic E-state index is 11.5. The molecule has 0 saturated carbocycles. The van der Waals surface area contributed by atoms with Crippen molar-refractivity contribution >= 4 is 5.91 Å². The van der Waals surface area contributed by atoms with Crippen molar-refractivity contribution in [2.45, 2.75) is 46.5 Å². The number of piperidine rings is 1. The normalized spacial score (nSPS) is 18.3. The molecule has 1 aliphatic rings. The number of rotatable bonds is 4. The Balaban J connectivity index is 1.99. The molecule has 2 nitrogen and oxygen atoms in total. The zero-order valence-corrected chi connectivity index (χ0v) is 13.1. The molecular weight excluding hydrogens is 246 g/mol. The highest BCUT2D eigenvalue weighted by Gasteiger charge is 2.37. The van der Waals surface area contributed by atoms with Crippen molar-refractivity contribution in [2.24, 2.45) is 11.3 Å². The zero-order chi connectivity index (χ0) is 14.6. The van der Waals surface area contributed by atoms with Gasteiger partial charge < -0.3 is 4.90 Å². The second-order valence-corrected chi connectivity index (χ2v) is 6.51. The lowest BCUT2D eigenvalue weighted by atomic mass is 9.67. The molecule has 0 aromatic heterocycles. The van der Waals surface area contributed by atoms with Gasteiger partial charge in [-0.1, -0.05) is 44.2 Å². The number of benzene rings is 1. The van der Waals surface area contributed by atoms with E-state index in [1.807, 2.05) is 4.90 Å². The van der Waals surface area contributed by atoms with Gasteiger partial charge in [-0.25, -0.2) is 0 Å². The maximum absolute atomic E-state index is 11.5. The summed E-state index contributed by atoms with van der Waals surface area (Å²) < 4.78 is 0.